The number of thiazole rings is 1. The first-order valence-corrected chi connectivity index (χ1v) is 6.30. The van der Waals surface area contributed by atoms with Crippen molar-refractivity contribution in [3.05, 3.63) is 15.6 Å². The molecule has 0 saturated carbocycles. The van der Waals surface area contributed by atoms with Crippen LogP contribution in [0.25, 0.3) is 0 Å². The van der Waals surface area contributed by atoms with E-state index >= 15 is 0 Å². The van der Waals surface area contributed by atoms with Crippen LogP contribution >= 0.6 is 11.3 Å². The van der Waals surface area contributed by atoms with Crippen LogP contribution in [0, 0.1) is 6.92 Å². The molecule has 2 heterocycles. The van der Waals surface area contributed by atoms with Gasteiger partial charge in [-0.1, -0.05) is 0 Å². The molecule has 1 aliphatic rings. The fraction of sp³-hybridized carbons (Fsp3) is 0.636. The number of hydrogen-bond acceptors (Lipinski definition) is 5. The first kappa shape index (κ1) is 11.5. The first-order valence-electron chi connectivity index (χ1n) is 5.48. The van der Waals surface area contributed by atoms with Crippen molar-refractivity contribution < 1.29 is 9.53 Å². The second-order valence-electron chi connectivity index (χ2n) is 4.00. The molecule has 5 heteroatoms. The van der Waals surface area contributed by atoms with E-state index in [4.69, 9.17) is 4.74 Å². The topological polar surface area (TPSA) is 51.2 Å². The summed E-state index contributed by atoms with van der Waals surface area (Å²) in [5, 5.41) is 4.45. The van der Waals surface area contributed by atoms with Crippen molar-refractivity contribution in [3.8, 4) is 0 Å². The number of aromatic nitrogens is 1. The average molecular weight is 240 g/mol. The van der Waals surface area contributed by atoms with Crippen molar-refractivity contribution in [2.24, 2.45) is 0 Å². The summed E-state index contributed by atoms with van der Waals surface area (Å²) in [5.41, 5.74) is 0.473. The number of rotatable bonds is 3. The fourth-order valence-electron chi connectivity index (χ4n) is 1.97. The van der Waals surface area contributed by atoms with Gasteiger partial charge in [0.05, 0.1) is 12.1 Å². The van der Waals surface area contributed by atoms with E-state index in [1.165, 1.54) is 20.0 Å². The van der Waals surface area contributed by atoms with Gasteiger partial charge < -0.3 is 10.1 Å². The van der Waals surface area contributed by atoms with Crippen LogP contribution in [0.15, 0.2) is 0 Å². The third kappa shape index (κ3) is 2.41. The van der Waals surface area contributed by atoms with Gasteiger partial charge in [-0.25, -0.2) is 9.78 Å². The highest BCUT2D eigenvalue weighted by atomic mass is 32.1. The zero-order chi connectivity index (χ0) is 11.5. The summed E-state index contributed by atoms with van der Waals surface area (Å²) in [7, 11) is 1.39. The van der Waals surface area contributed by atoms with E-state index in [-0.39, 0.29) is 5.97 Å². The molecule has 1 N–H and O–H groups in total. The molecule has 1 fully saturated rings. The highest BCUT2D eigenvalue weighted by Crippen LogP contribution is 2.21. The Morgan fingerprint density at radius 3 is 3.12 bits per heavy atom. The predicted molar refractivity (Wildman–Crippen MR) is 62.9 cm³/mol. The van der Waals surface area contributed by atoms with E-state index in [2.05, 4.69) is 10.3 Å². The Bertz CT molecular complexity index is 383. The van der Waals surface area contributed by atoms with Gasteiger partial charge in [0, 0.05) is 17.3 Å². The van der Waals surface area contributed by atoms with E-state index < -0.39 is 0 Å². The quantitative estimate of drug-likeness (QED) is 0.814. The molecule has 1 saturated heterocycles. The largest absolute Gasteiger partial charge is 0.464 e. The van der Waals surface area contributed by atoms with Gasteiger partial charge in [0.15, 0.2) is 5.69 Å². The second-order valence-corrected chi connectivity index (χ2v) is 5.29. The highest BCUT2D eigenvalue weighted by molar-refractivity contribution is 7.11. The first-order chi connectivity index (χ1) is 7.70. The summed E-state index contributed by atoms with van der Waals surface area (Å²) >= 11 is 1.59. The lowest BCUT2D eigenvalue weighted by Crippen LogP contribution is -2.23. The van der Waals surface area contributed by atoms with Gasteiger partial charge in [0.2, 0.25) is 0 Å². The molecule has 2 rings (SSSR count). The standard InChI is InChI=1S/C11H16N2O2S/c1-7-10(11(14)15-2)13-9(16-7)6-8-4-3-5-12-8/h8,12H,3-6H2,1-2H3. The summed E-state index contributed by atoms with van der Waals surface area (Å²) in [4.78, 5) is 16.7. The molecule has 1 aromatic heterocycles. The van der Waals surface area contributed by atoms with Gasteiger partial charge >= 0.3 is 5.97 Å². The lowest BCUT2D eigenvalue weighted by atomic mass is 10.2. The molecule has 1 aliphatic heterocycles. The van der Waals surface area contributed by atoms with Crippen LogP contribution in [0.4, 0.5) is 0 Å². The zero-order valence-electron chi connectivity index (χ0n) is 9.58. The smallest absolute Gasteiger partial charge is 0.357 e. The van der Waals surface area contributed by atoms with Crippen LogP contribution < -0.4 is 5.32 Å². The Hall–Kier alpha value is -0.940. The van der Waals surface area contributed by atoms with Crippen LogP contribution in [-0.4, -0.2) is 30.6 Å². The third-order valence-corrected chi connectivity index (χ3v) is 3.80. The van der Waals surface area contributed by atoms with Crippen molar-refractivity contribution >= 4 is 17.3 Å². The zero-order valence-corrected chi connectivity index (χ0v) is 10.4. The molecule has 0 spiro atoms. The molecule has 0 radical (unpaired) electrons. The lowest BCUT2D eigenvalue weighted by molar-refractivity contribution is 0.0594. The maximum absolute atomic E-state index is 11.4. The van der Waals surface area contributed by atoms with Crippen molar-refractivity contribution in [2.45, 2.75) is 32.2 Å². The van der Waals surface area contributed by atoms with Gasteiger partial charge in [-0.2, -0.15) is 0 Å². The van der Waals surface area contributed by atoms with E-state index in [0.717, 1.165) is 22.9 Å². The van der Waals surface area contributed by atoms with Crippen molar-refractivity contribution in [3.63, 3.8) is 0 Å². The molecule has 0 aromatic carbocycles. The Balaban J connectivity index is 2.07. The number of esters is 1. The van der Waals surface area contributed by atoms with Crippen molar-refractivity contribution in [2.75, 3.05) is 13.7 Å². The van der Waals surface area contributed by atoms with Gasteiger partial charge in [-0.15, -0.1) is 11.3 Å². The molecule has 4 nitrogen and oxygen atoms in total. The minimum absolute atomic E-state index is 0.334. The molecule has 16 heavy (non-hydrogen) atoms. The molecular weight excluding hydrogens is 224 g/mol. The van der Waals surface area contributed by atoms with Crippen LogP contribution in [0.1, 0.15) is 33.2 Å². The highest BCUT2D eigenvalue weighted by Gasteiger charge is 2.20. The predicted octanol–water partition coefficient (Wildman–Crippen LogP) is 1.53. The van der Waals surface area contributed by atoms with Gasteiger partial charge in [0.1, 0.15) is 0 Å². The summed E-state index contributed by atoms with van der Waals surface area (Å²) in [5.74, 6) is -0.334. The maximum atomic E-state index is 11.4. The van der Waals surface area contributed by atoms with Crippen LogP contribution in [0.5, 0.6) is 0 Å². The van der Waals surface area contributed by atoms with Crippen LogP contribution in [0.2, 0.25) is 0 Å². The maximum Gasteiger partial charge on any atom is 0.357 e. The molecule has 1 aromatic rings. The van der Waals surface area contributed by atoms with Crippen molar-refractivity contribution in [1.29, 1.82) is 0 Å². The Kier molecular flexibility index (Phi) is 3.56. The second kappa shape index (κ2) is 4.93. The molecule has 1 atom stereocenters. The minimum Gasteiger partial charge on any atom is -0.464 e. The Morgan fingerprint density at radius 2 is 2.50 bits per heavy atom. The van der Waals surface area contributed by atoms with E-state index in [1.807, 2.05) is 6.92 Å². The summed E-state index contributed by atoms with van der Waals surface area (Å²) < 4.78 is 4.69. The Morgan fingerprint density at radius 1 is 1.69 bits per heavy atom. The van der Waals surface area contributed by atoms with Gasteiger partial charge in [0.25, 0.3) is 0 Å². The number of ether oxygens (including phenoxy) is 1. The van der Waals surface area contributed by atoms with Gasteiger partial charge in [-0.3, -0.25) is 0 Å². The number of carbonyl (C=O) groups excluding carboxylic acids is 1. The fourth-order valence-corrected chi connectivity index (χ4v) is 2.97. The van der Waals surface area contributed by atoms with E-state index in [1.54, 1.807) is 11.3 Å². The Labute approximate surface area is 99.0 Å². The molecular formula is C11H16N2O2S. The monoisotopic (exact) mass is 240 g/mol. The summed E-state index contributed by atoms with van der Waals surface area (Å²) in [6.07, 6.45) is 3.35. The average Bonchev–Trinajstić information content (AvgIpc) is 2.88. The van der Waals surface area contributed by atoms with Crippen LogP contribution in [-0.2, 0) is 11.2 Å². The lowest BCUT2D eigenvalue weighted by Gasteiger charge is -2.06. The van der Waals surface area contributed by atoms with E-state index in [0.29, 0.717) is 11.7 Å². The number of hydrogen-bond donors (Lipinski definition) is 1. The molecule has 1 unspecified atom stereocenters. The molecule has 0 bridgehead atoms. The normalized spacial score (nSPS) is 20.0. The van der Waals surface area contributed by atoms with Gasteiger partial charge in [-0.05, 0) is 26.3 Å². The SMILES string of the molecule is COC(=O)c1nc(CC2CCCN2)sc1C. The summed E-state index contributed by atoms with van der Waals surface area (Å²) in [6, 6.07) is 0.524. The molecule has 0 amide bonds. The third-order valence-electron chi connectivity index (χ3n) is 2.80. The number of aryl methyl sites for hydroxylation is 1. The van der Waals surface area contributed by atoms with E-state index in [9.17, 15) is 4.79 Å². The molecule has 88 valence electrons. The van der Waals surface area contributed by atoms with Crippen molar-refractivity contribution in [1.82, 2.24) is 10.3 Å². The number of nitrogens with zero attached hydrogens (tertiary/aromatic N) is 1. The molecule has 0 aliphatic carbocycles. The minimum atomic E-state index is -0.334. The summed E-state index contributed by atoms with van der Waals surface area (Å²) in [6.45, 7) is 3.01. The number of carbonyl (C=O) groups is 1. The number of methoxy groups -OCH3 is 1. The van der Waals surface area contributed by atoms with Crippen LogP contribution in [0.3, 0.4) is 0 Å². The number of nitrogens with one attached hydrogen (secondary N) is 1.